The van der Waals surface area contributed by atoms with Gasteiger partial charge in [-0.3, -0.25) is 4.90 Å². The van der Waals surface area contributed by atoms with E-state index in [4.69, 9.17) is 9.47 Å². The number of carboxylic acid groups (broad SMARTS) is 1. The van der Waals surface area contributed by atoms with E-state index in [2.05, 4.69) is 26.6 Å². The molecule has 180 valence electrons. The third-order valence-electron chi connectivity index (χ3n) is 6.66. The molecule has 0 spiro atoms. The van der Waals surface area contributed by atoms with E-state index in [1.54, 1.807) is 6.07 Å². The van der Waals surface area contributed by atoms with Crippen LogP contribution in [0.2, 0.25) is 0 Å². The van der Waals surface area contributed by atoms with Gasteiger partial charge in [0.1, 0.15) is 5.56 Å². The van der Waals surface area contributed by atoms with Gasteiger partial charge in [-0.1, -0.05) is 13.0 Å². The number of ether oxygens (including phenoxy) is 2. The van der Waals surface area contributed by atoms with Crippen LogP contribution in [0.3, 0.4) is 0 Å². The molecular weight excluding hydrogens is 436 g/mol. The average molecular weight is 467 g/mol. The Balaban J connectivity index is 1.78. The Hall–Kier alpha value is -3.59. The third kappa shape index (κ3) is 4.07. The molecular formula is C25H30N4O5. The number of piperazine rings is 1. The van der Waals surface area contributed by atoms with Crippen molar-refractivity contribution >= 4 is 23.0 Å². The van der Waals surface area contributed by atoms with E-state index < -0.39 is 12.1 Å². The van der Waals surface area contributed by atoms with Crippen molar-refractivity contribution in [2.75, 3.05) is 40.9 Å². The highest BCUT2D eigenvalue weighted by molar-refractivity contribution is 5.93. The lowest BCUT2D eigenvalue weighted by atomic mass is 10.0. The summed E-state index contributed by atoms with van der Waals surface area (Å²) >= 11 is 0. The molecule has 1 aliphatic heterocycles. The first-order chi connectivity index (χ1) is 16.3. The number of pyridine rings is 1. The van der Waals surface area contributed by atoms with E-state index >= 15 is 0 Å². The first-order valence-corrected chi connectivity index (χ1v) is 11.2. The van der Waals surface area contributed by atoms with Crippen LogP contribution < -0.4 is 4.74 Å². The molecule has 4 rings (SSSR count). The number of nitrogens with zero attached hydrogens (tertiary/aromatic N) is 4. The van der Waals surface area contributed by atoms with Crippen LogP contribution in [-0.2, 0) is 18.2 Å². The molecule has 1 N–H and O–H groups in total. The zero-order chi connectivity index (χ0) is 24.6. The van der Waals surface area contributed by atoms with Crippen molar-refractivity contribution in [2.45, 2.75) is 19.4 Å². The summed E-state index contributed by atoms with van der Waals surface area (Å²) in [5.41, 5.74) is 5.00. The molecule has 34 heavy (non-hydrogen) atoms. The van der Waals surface area contributed by atoms with E-state index in [9.17, 15) is 14.7 Å². The fourth-order valence-electron chi connectivity index (χ4n) is 4.67. The van der Waals surface area contributed by atoms with Crippen LogP contribution in [0, 0.1) is 0 Å². The second kappa shape index (κ2) is 9.34. The molecule has 0 radical (unpaired) electrons. The highest BCUT2D eigenvalue weighted by Gasteiger charge is 2.30. The van der Waals surface area contributed by atoms with Gasteiger partial charge in [-0.05, 0) is 43.3 Å². The number of esters is 1. The van der Waals surface area contributed by atoms with Gasteiger partial charge < -0.3 is 24.0 Å². The summed E-state index contributed by atoms with van der Waals surface area (Å²) in [5.74, 6) is -0.258. The Bertz CT molecular complexity index is 1250. The second-order valence-corrected chi connectivity index (χ2v) is 8.52. The van der Waals surface area contributed by atoms with Crippen LogP contribution in [0.15, 0.2) is 30.3 Å². The fourth-order valence-corrected chi connectivity index (χ4v) is 4.67. The maximum atomic E-state index is 12.2. The van der Waals surface area contributed by atoms with Gasteiger partial charge in [-0.2, -0.15) is 0 Å². The van der Waals surface area contributed by atoms with Crippen LogP contribution >= 0.6 is 0 Å². The molecule has 2 aromatic heterocycles. The van der Waals surface area contributed by atoms with Crippen LogP contribution in [0.5, 0.6) is 5.88 Å². The van der Waals surface area contributed by atoms with Crippen molar-refractivity contribution in [3.8, 4) is 17.1 Å². The number of aryl methyl sites for hydroxylation is 2. The number of carbonyl (C=O) groups excluding carboxylic acids is 1. The zero-order valence-corrected chi connectivity index (χ0v) is 20.2. The standard InChI is InChI=1S/C25H30N4O5/c1-6-15-12-18(24(30)34-5)23(33-4)26-22(15)16-7-8-19-17(11-16)13-20(28(19)3)21-14-29(25(31)32)10-9-27(21)2/h7-8,11-13,21H,6,9-10,14H2,1-5H3,(H,31,32). The fraction of sp³-hybridized carbons (Fsp3) is 0.400. The summed E-state index contributed by atoms with van der Waals surface area (Å²) in [6.45, 7) is 3.63. The first kappa shape index (κ1) is 23.6. The summed E-state index contributed by atoms with van der Waals surface area (Å²) < 4.78 is 12.4. The number of carbonyl (C=O) groups is 2. The van der Waals surface area contributed by atoms with Gasteiger partial charge in [0.05, 0.1) is 26.0 Å². The average Bonchev–Trinajstić information content (AvgIpc) is 3.18. The van der Waals surface area contributed by atoms with Gasteiger partial charge in [-0.25, -0.2) is 14.6 Å². The van der Waals surface area contributed by atoms with Gasteiger partial charge in [0.25, 0.3) is 0 Å². The SMILES string of the molecule is CCc1cc(C(=O)OC)c(OC)nc1-c1ccc2c(c1)cc(C1CN(C(=O)O)CCN1C)n2C. The largest absolute Gasteiger partial charge is 0.480 e. The lowest BCUT2D eigenvalue weighted by Gasteiger charge is -2.38. The molecule has 1 aliphatic rings. The Morgan fingerprint density at radius 1 is 1.15 bits per heavy atom. The molecule has 9 nitrogen and oxygen atoms in total. The Labute approximate surface area is 198 Å². The number of amides is 1. The van der Waals surface area contributed by atoms with Gasteiger partial charge >= 0.3 is 12.1 Å². The molecule has 1 unspecified atom stereocenters. The molecule has 1 saturated heterocycles. The van der Waals surface area contributed by atoms with Crippen molar-refractivity contribution < 1.29 is 24.2 Å². The summed E-state index contributed by atoms with van der Waals surface area (Å²) in [4.78, 5) is 32.1. The van der Waals surface area contributed by atoms with Crippen LogP contribution in [0.4, 0.5) is 4.79 Å². The molecule has 0 bridgehead atoms. The molecule has 0 saturated carbocycles. The third-order valence-corrected chi connectivity index (χ3v) is 6.66. The first-order valence-electron chi connectivity index (χ1n) is 11.2. The van der Waals surface area contributed by atoms with Gasteiger partial charge in [0.2, 0.25) is 5.88 Å². The Kier molecular flexibility index (Phi) is 6.47. The smallest absolute Gasteiger partial charge is 0.407 e. The van der Waals surface area contributed by atoms with E-state index in [0.29, 0.717) is 31.6 Å². The maximum Gasteiger partial charge on any atom is 0.407 e. The minimum Gasteiger partial charge on any atom is -0.480 e. The lowest BCUT2D eigenvalue weighted by molar-refractivity contribution is 0.0596. The van der Waals surface area contributed by atoms with Crippen molar-refractivity contribution in [1.29, 1.82) is 0 Å². The Morgan fingerprint density at radius 2 is 1.91 bits per heavy atom. The van der Waals surface area contributed by atoms with E-state index in [0.717, 1.165) is 33.4 Å². The normalized spacial score (nSPS) is 16.6. The molecule has 0 aliphatic carbocycles. The van der Waals surface area contributed by atoms with E-state index in [-0.39, 0.29) is 11.9 Å². The predicted octanol–water partition coefficient (Wildman–Crippen LogP) is 3.56. The van der Waals surface area contributed by atoms with Crippen LogP contribution in [0.1, 0.15) is 34.6 Å². The van der Waals surface area contributed by atoms with Crippen molar-refractivity contribution in [3.63, 3.8) is 0 Å². The van der Waals surface area contributed by atoms with Crippen molar-refractivity contribution in [2.24, 2.45) is 7.05 Å². The molecule has 1 atom stereocenters. The highest BCUT2D eigenvalue weighted by Crippen LogP contribution is 2.34. The monoisotopic (exact) mass is 466 g/mol. The number of likely N-dealkylation sites (N-methyl/N-ethyl adjacent to an activating group) is 1. The molecule has 3 aromatic rings. The van der Waals surface area contributed by atoms with Crippen LogP contribution in [-0.4, -0.2) is 77.4 Å². The number of aromatic nitrogens is 2. The lowest BCUT2D eigenvalue weighted by Crippen LogP contribution is -2.48. The number of benzene rings is 1. The van der Waals surface area contributed by atoms with Crippen molar-refractivity contribution in [1.82, 2.24) is 19.4 Å². The number of hydrogen-bond donors (Lipinski definition) is 1. The quantitative estimate of drug-likeness (QED) is 0.574. The molecule has 3 heterocycles. The van der Waals surface area contributed by atoms with Crippen molar-refractivity contribution in [3.05, 3.63) is 47.2 Å². The highest BCUT2D eigenvalue weighted by atomic mass is 16.5. The summed E-state index contributed by atoms with van der Waals surface area (Å²) in [6.07, 6.45) is -0.201. The van der Waals surface area contributed by atoms with Gasteiger partial charge in [-0.15, -0.1) is 0 Å². The molecule has 1 fully saturated rings. The number of hydrogen-bond acceptors (Lipinski definition) is 6. The maximum absolute atomic E-state index is 12.2. The summed E-state index contributed by atoms with van der Waals surface area (Å²) in [6, 6.07) is 10.0. The van der Waals surface area contributed by atoms with E-state index in [1.807, 2.05) is 33.2 Å². The minimum atomic E-state index is -0.887. The summed E-state index contributed by atoms with van der Waals surface area (Å²) in [7, 11) is 6.86. The number of rotatable bonds is 5. The zero-order valence-electron chi connectivity index (χ0n) is 20.2. The summed E-state index contributed by atoms with van der Waals surface area (Å²) in [5, 5.41) is 10.5. The Morgan fingerprint density at radius 3 is 2.56 bits per heavy atom. The van der Waals surface area contributed by atoms with Gasteiger partial charge in [0.15, 0.2) is 0 Å². The van der Waals surface area contributed by atoms with Gasteiger partial charge in [0, 0.05) is 48.8 Å². The number of fused-ring (bicyclic) bond motifs is 1. The molecule has 1 aromatic carbocycles. The predicted molar refractivity (Wildman–Crippen MR) is 128 cm³/mol. The van der Waals surface area contributed by atoms with Crippen LogP contribution in [0.25, 0.3) is 22.2 Å². The second-order valence-electron chi connectivity index (χ2n) is 8.52. The molecule has 9 heteroatoms. The molecule has 1 amide bonds. The number of methoxy groups -OCH3 is 2. The van der Waals surface area contributed by atoms with E-state index in [1.165, 1.54) is 19.1 Å². The minimum absolute atomic E-state index is 0.0329. The topological polar surface area (TPSA) is 97.1 Å².